The van der Waals surface area contributed by atoms with Gasteiger partial charge in [-0.05, 0) is 54.7 Å². The zero-order valence-electron chi connectivity index (χ0n) is 16.7. The van der Waals surface area contributed by atoms with Gasteiger partial charge >= 0.3 is 5.97 Å². The van der Waals surface area contributed by atoms with Crippen LogP contribution in [0.4, 0.5) is 10.1 Å². The van der Waals surface area contributed by atoms with Crippen LogP contribution >= 0.6 is 0 Å². The van der Waals surface area contributed by atoms with Gasteiger partial charge in [-0.1, -0.05) is 18.2 Å². The number of benzene rings is 2. The van der Waals surface area contributed by atoms with Crippen LogP contribution in [0.25, 0.3) is 11.1 Å². The van der Waals surface area contributed by atoms with Gasteiger partial charge in [0.25, 0.3) is 5.91 Å². The summed E-state index contributed by atoms with van der Waals surface area (Å²) in [6, 6.07) is 10.3. The second-order valence-corrected chi connectivity index (χ2v) is 5.89. The second kappa shape index (κ2) is 7.39. The van der Waals surface area contributed by atoms with Gasteiger partial charge < -0.3 is 15.2 Å². The Labute approximate surface area is 154 Å². The second-order valence-electron chi connectivity index (χ2n) is 5.89. The molecule has 0 bridgehead atoms. The summed E-state index contributed by atoms with van der Waals surface area (Å²) in [6.45, 7) is 0. The number of carboxylic acid groups (broad SMARTS) is 1. The van der Waals surface area contributed by atoms with E-state index in [0.717, 1.165) is 0 Å². The van der Waals surface area contributed by atoms with E-state index in [9.17, 15) is 14.0 Å². The molecule has 2 N–H and O–H groups in total. The van der Waals surface area contributed by atoms with Crippen molar-refractivity contribution in [2.75, 3.05) is 12.4 Å². The quantitative estimate of drug-likeness (QED) is 0.847. The van der Waals surface area contributed by atoms with Crippen LogP contribution in [0.2, 0.25) is 0 Å². The first-order valence-electron chi connectivity index (χ1n) is 9.50. The van der Waals surface area contributed by atoms with Crippen molar-refractivity contribution in [2.45, 2.75) is 19.3 Å². The zero-order valence-corrected chi connectivity index (χ0v) is 13.7. The zero-order chi connectivity index (χ0) is 21.2. The van der Waals surface area contributed by atoms with Crippen molar-refractivity contribution >= 4 is 17.6 Å². The van der Waals surface area contributed by atoms with Crippen molar-refractivity contribution in [3.8, 4) is 16.9 Å². The van der Waals surface area contributed by atoms with E-state index in [1.54, 1.807) is 18.2 Å². The predicted molar refractivity (Wildman–Crippen MR) is 95.5 cm³/mol. The molecule has 2 aromatic rings. The third-order valence-electron chi connectivity index (χ3n) is 4.25. The molecular formula is C20H18FNO4. The number of carboxylic acids is 1. The lowest BCUT2D eigenvalue weighted by Gasteiger charge is -2.10. The average Bonchev–Trinajstić information content (AvgIpc) is 3.12. The standard InChI is InChI=1S/C20H18FNO4/c1-26-14-5-2-4-12(10-14)13-8-9-18(17(21)11-13)22-19(23)15-6-3-7-16(15)20(24)25/h2,4-5,8-11H,3,6-7H2,1H3,(H,22,23)(H,24,25)/i1D3. The number of carbonyl (C=O) groups excluding carboxylic acids is 1. The largest absolute Gasteiger partial charge is 0.497 e. The van der Waals surface area contributed by atoms with Gasteiger partial charge in [0.2, 0.25) is 0 Å². The lowest BCUT2D eigenvalue weighted by atomic mass is 10.0. The van der Waals surface area contributed by atoms with E-state index in [4.69, 9.17) is 14.0 Å². The van der Waals surface area contributed by atoms with Crippen LogP contribution < -0.4 is 10.1 Å². The van der Waals surface area contributed by atoms with Crippen molar-refractivity contribution in [1.29, 1.82) is 0 Å². The Bertz CT molecular complexity index is 1000. The molecule has 1 amide bonds. The lowest BCUT2D eigenvalue weighted by Crippen LogP contribution is -2.17. The number of rotatable bonds is 5. The minimum absolute atomic E-state index is 0.0607. The van der Waals surface area contributed by atoms with E-state index in [-0.39, 0.29) is 22.6 Å². The van der Waals surface area contributed by atoms with Crippen molar-refractivity contribution in [3.63, 3.8) is 0 Å². The molecule has 3 rings (SSSR count). The highest BCUT2D eigenvalue weighted by Crippen LogP contribution is 2.30. The van der Waals surface area contributed by atoms with Crippen molar-refractivity contribution in [1.82, 2.24) is 0 Å². The first kappa shape index (κ1) is 14.1. The Morgan fingerprint density at radius 2 is 1.92 bits per heavy atom. The number of carbonyl (C=O) groups is 2. The summed E-state index contributed by atoms with van der Waals surface area (Å²) in [5.74, 6) is -2.34. The van der Waals surface area contributed by atoms with E-state index in [1.165, 1.54) is 24.3 Å². The Morgan fingerprint density at radius 3 is 2.65 bits per heavy atom. The van der Waals surface area contributed by atoms with Crippen molar-refractivity contribution in [2.24, 2.45) is 0 Å². The number of halogens is 1. The summed E-state index contributed by atoms with van der Waals surface area (Å²) in [7, 11) is -2.60. The van der Waals surface area contributed by atoms with Gasteiger partial charge in [0, 0.05) is 11.1 Å². The summed E-state index contributed by atoms with van der Waals surface area (Å²) in [5.41, 5.74) is 1.15. The van der Waals surface area contributed by atoms with E-state index >= 15 is 0 Å². The Balaban J connectivity index is 1.81. The van der Waals surface area contributed by atoms with Crippen LogP contribution in [0.3, 0.4) is 0 Å². The molecule has 134 valence electrons. The molecule has 0 unspecified atom stereocenters. The summed E-state index contributed by atoms with van der Waals surface area (Å²) < 4.78 is 40.9. The monoisotopic (exact) mass is 358 g/mol. The molecular weight excluding hydrogens is 337 g/mol. The first-order valence-corrected chi connectivity index (χ1v) is 8.00. The smallest absolute Gasteiger partial charge is 0.332 e. The minimum Gasteiger partial charge on any atom is -0.497 e. The van der Waals surface area contributed by atoms with Gasteiger partial charge in [-0.3, -0.25) is 4.79 Å². The van der Waals surface area contributed by atoms with Gasteiger partial charge in [0.1, 0.15) is 11.6 Å². The summed E-state index contributed by atoms with van der Waals surface area (Å²) in [6.07, 6.45) is 1.22. The maximum absolute atomic E-state index is 14.5. The Hall–Kier alpha value is -3.15. The summed E-state index contributed by atoms with van der Waals surface area (Å²) in [4.78, 5) is 23.5. The van der Waals surface area contributed by atoms with Crippen LogP contribution in [-0.4, -0.2) is 24.0 Å². The van der Waals surface area contributed by atoms with Crippen LogP contribution in [0, 0.1) is 5.82 Å². The minimum atomic E-state index is -2.60. The van der Waals surface area contributed by atoms with Gasteiger partial charge in [-0.2, -0.15) is 0 Å². The number of amides is 1. The number of methoxy groups -OCH3 is 1. The number of nitrogens with one attached hydrogen (secondary N) is 1. The fraction of sp³-hybridized carbons (Fsp3) is 0.200. The van der Waals surface area contributed by atoms with Crippen LogP contribution in [0.1, 0.15) is 23.4 Å². The molecule has 0 atom stereocenters. The van der Waals surface area contributed by atoms with Crippen LogP contribution in [0.5, 0.6) is 5.75 Å². The predicted octanol–water partition coefficient (Wildman–Crippen LogP) is 4.00. The molecule has 0 spiro atoms. The summed E-state index contributed by atoms with van der Waals surface area (Å²) in [5, 5.41) is 11.6. The third-order valence-corrected chi connectivity index (χ3v) is 4.25. The lowest BCUT2D eigenvalue weighted by molar-refractivity contribution is -0.133. The number of hydrogen-bond acceptors (Lipinski definition) is 3. The van der Waals surface area contributed by atoms with Gasteiger partial charge in [-0.15, -0.1) is 0 Å². The Morgan fingerprint density at radius 1 is 1.15 bits per heavy atom. The number of anilines is 1. The molecule has 1 aliphatic rings. The van der Waals surface area contributed by atoms with E-state index in [1.807, 2.05) is 0 Å². The molecule has 2 aromatic carbocycles. The van der Waals surface area contributed by atoms with E-state index < -0.39 is 24.7 Å². The molecule has 0 radical (unpaired) electrons. The number of aliphatic carboxylic acids is 1. The summed E-state index contributed by atoms with van der Waals surface area (Å²) >= 11 is 0. The molecule has 1 aliphatic carbocycles. The highest BCUT2D eigenvalue weighted by Gasteiger charge is 2.25. The van der Waals surface area contributed by atoms with Gasteiger partial charge in [0.15, 0.2) is 0 Å². The van der Waals surface area contributed by atoms with Crippen LogP contribution in [0.15, 0.2) is 53.6 Å². The fourth-order valence-electron chi connectivity index (χ4n) is 2.96. The van der Waals surface area contributed by atoms with E-state index in [2.05, 4.69) is 5.32 Å². The molecule has 0 aromatic heterocycles. The third kappa shape index (κ3) is 3.59. The molecule has 5 nitrogen and oxygen atoms in total. The maximum Gasteiger partial charge on any atom is 0.332 e. The molecule has 0 heterocycles. The molecule has 0 aliphatic heterocycles. The van der Waals surface area contributed by atoms with Gasteiger partial charge in [0.05, 0.1) is 16.8 Å². The van der Waals surface area contributed by atoms with Crippen molar-refractivity contribution < 1.29 is 27.9 Å². The normalized spacial score (nSPS) is 15.8. The molecule has 26 heavy (non-hydrogen) atoms. The number of ether oxygens (including phenoxy) is 1. The first-order chi connectivity index (χ1) is 13.6. The average molecular weight is 358 g/mol. The SMILES string of the molecule is [2H]C([2H])([2H])Oc1cccc(-c2ccc(NC(=O)C3=C(C(=O)O)CCC3)c(F)c2)c1. The molecule has 6 heteroatoms. The molecule has 0 saturated carbocycles. The maximum atomic E-state index is 14.5. The van der Waals surface area contributed by atoms with Crippen molar-refractivity contribution in [3.05, 3.63) is 59.4 Å². The highest BCUT2D eigenvalue weighted by atomic mass is 19.1. The Kier molecular flexibility index (Phi) is 4.00. The van der Waals surface area contributed by atoms with Crippen LogP contribution in [-0.2, 0) is 9.59 Å². The fourth-order valence-corrected chi connectivity index (χ4v) is 2.96. The molecule has 0 saturated heterocycles. The molecule has 0 fully saturated rings. The van der Waals surface area contributed by atoms with E-state index in [0.29, 0.717) is 30.4 Å². The highest BCUT2D eigenvalue weighted by molar-refractivity contribution is 6.09. The number of hydrogen-bond donors (Lipinski definition) is 2. The van der Waals surface area contributed by atoms with Gasteiger partial charge in [-0.25, -0.2) is 9.18 Å². The topological polar surface area (TPSA) is 75.6 Å².